The van der Waals surface area contributed by atoms with Crippen molar-refractivity contribution in [3.8, 4) is 28.5 Å². The topological polar surface area (TPSA) is 105 Å². The van der Waals surface area contributed by atoms with E-state index in [2.05, 4.69) is 4.98 Å². The summed E-state index contributed by atoms with van der Waals surface area (Å²) < 4.78 is 33.3. The summed E-state index contributed by atoms with van der Waals surface area (Å²) in [6.07, 6.45) is 0.466. The molecule has 9 heteroatoms. The number of pyridine rings is 1. The first-order valence-corrected chi connectivity index (χ1v) is 10.5. The molecule has 2 aliphatic rings. The third kappa shape index (κ3) is 3.82. The van der Waals surface area contributed by atoms with Crippen molar-refractivity contribution in [3.05, 3.63) is 39.2 Å². The van der Waals surface area contributed by atoms with E-state index in [9.17, 15) is 9.59 Å². The lowest BCUT2D eigenvalue weighted by Crippen LogP contribution is -2.21. The number of aromatic nitrogens is 1. The molecule has 0 fully saturated rings. The van der Waals surface area contributed by atoms with Crippen LogP contribution in [-0.4, -0.2) is 58.2 Å². The molecular weight excluding hydrogens is 418 g/mol. The molecule has 1 N–H and O–H groups in total. The Bertz CT molecular complexity index is 1080. The number of aromatic amines is 1. The zero-order chi connectivity index (χ0) is 22.8. The van der Waals surface area contributed by atoms with Gasteiger partial charge in [0.05, 0.1) is 38.5 Å². The number of carbonyl (C=O) groups is 1. The summed E-state index contributed by atoms with van der Waals surface area (Å²) in [4.78, 5) is 28.0. The molecular formula is C23H27NO8. The number of methoxy groups -OCH3 is 3. The Morgan fingerprint density at radius 2 is 2.00 bits per heavy atom. The van der Waals surface area contributed by atoms with Crippen molar-refractivity contribution in [1.29, 1.82) is 0 Å². The largest absolute Gasteiger partial charge is 0.493 e. The predicted molar refractivity (Wildman–Crippen MR) is 115 cm³/mol. The van der Waals surface area contributed by atoms with Crippen molar-refractivity contribution < 1.29 is 33.2 Å². The van der Waals surface area contributed by atoms with Gasteiger partial charge in [-0.25, -0.2) is 4.79 Å². The summed E-state index contributed by atoms with van der Waals surface area (Å²) >= 11 is 0. The van der Waals surface area contributed by atoms with Crippen molar-refractivity contribution in [3.63, 3.8) is 0 Å². The fourth-order valence-electron chi connectivity index (χ4n) is 4.18. The van der Waals surface area contributed by atoms with Crippen LogP contribution in [0, 0.1) is 0 Å². The number of H-pyrrole nitrogens is 1. The van der Waals surface area contributed by atoms with E-state index in [0.717, 1.165) is 17.5 Å². The number of nitrogens with one attached hydrogen (secondary N) is 1. The second-order valence-electron chi connectivity index (χ2n) is 7.76. The molecule has 0 saturated heterocycles. The highest BCUT2D eigenvalue weighted by molar-refractivity contribution is 5.94. The third-order valence-corrected chi connectivity index (χ3v) is 5.74. The van der Waals surface area contributed by atoms with Crippen molar-refractivity contribution in [1.82, 2.24) is 4.98 Å². The number of ether oxygens (including phenoxy) is 6. The molecule has 2 aromatic rings. The first kappa shape index (κ1) is 22.2. The Balaban J connectivity index is 1.85. The van der Waals surface area contributed by atoms with Gasteiger partial charge in [0, 0.05) is 50.0 Å². The Labute approximate surface area is 185 Å². The summed E-state index contributed by atoms with van der Waals surface area (Å²) in [5.74, 6) is 0.596. The standard InChI is InChI=1S/C23H27NO8/c1-12-15-11-31-17-9-16(30-7-5-6-27-2)13(10-28-3)8-14(17)20-18(15)21(32-12)19(22(25)24-20)23(26)29-4/h8-9,12,15H,5-7,10-11H2,1-4H3,(H,24,25)/t12?,15-/m0/s1. The molecule has 172 valence electrons. The van der Waals surface area contributed by atoms with E-state index in [1.54, 1.807) is 14.2 Å². The normalized spacial score (nSPS) is 18.1. The van der Waals surface area contributed by atoms with Crippen LogP contribution in [0.5, 0.6) is 17.2 Å². The van der Waals surface area contributed by atoms with Crippen LogP contribution in [0.15, 0.2) is 16.9 Å². The molecule has 9 nitrogen and oxygen atoms in total. The minimum Gasteiger partial charge on any atom is -0.493 e. The fraction of sp³-hybridized carbons (Fsp3) is 0.478. The van der Waals surface area contributed by atoms with Crippen LogP contribution in [0.3, 0.4) is 0 Å². The maximum absolute atomic E-state index is 12.9. The van der Waals surface area contributed by atoms with Gasteiger partial charge in [0.25, 0.3) is 5.56 Å². The lowest BCUT2D eigenvalue weighted by molar-refractivity contribution is 0.0593. The van der Waals surface area contributed by atoms with Gasteiger partial charge in [-0.1, -0.05) is 0 Å². The van der Waals surface area contributed by atoms with Crippen LogP contribution in [-0.2, 0) is 20.8 Å². The summed E-state index contributed by atoms with van der Waals surface area (Å²) in [5.41, 5.74) is 2.12. The van der Waals surface area contributed by atoms with E-state index in [1.807, 2.05) is 19.1 Å². The third-order valence-electron chi connectivity index (χ3n) is 5.74. The number of hydrogen-bond donors (Lipinski definition) is 1. The van der Waals surface area contributed by atoms with Gasteiger partial charge in [0.1, 0.15) is 23.4 Å². The van der Waals surface area contributed by atoms with Crippen molar-refractivity contribution in [2.24, 2.45) is 0 Å². The van der Waals surface area contributed by atoms with Crippen LogP contribution < -0.4 is 19.8 Å². The Kier molecular flexibility index (Phi) is 6.38. The van der Waals surface area contributed by atoms with Gasteiger partial charge in [-0.05, 0) is 13.0 Å². The van der Waals surface area contributed by atoms with E-state index in [1.165, 1.54) is 7.11 Å². The number of hydrogen-bond acceptors (Lipinski definition) is 8. The average Bonchev–Trinajstić information content (AvgIpc) is 3.01. The Hall–Kier alpha value is -3.04. The molecule has 32 heavy (non-hydrogen) atoms. The highest BCUT2D eigenvalue weighted by Crippen LogP contribution is 2.49. The predicted octanol–water partition coefficient (Wildman–Crippen LogP) is 2.65. The van der Waals surface area contributed by atoms with E-state index in [-0.39, 0.29) is 23.3 Å². The first-order valence-electron chi connectivity index (χ1n) is 10.5. The molecule has 3 heterocycles. The van der Waals surface area contributed by atoms with E-state index >= 15 is 0 Å². The van der Waals surface area contributed by atoms with Crippen LogP contribution >= 0.6 is 0 Å². The van der Waals surface area contributed by atoms with Crippen LogP contribution in [0.25, 0.3) is 11.3 Å². The van der Waals surface area contributed by atoms with E-state index in [0.29, 0.717) is 49.2 Å². The molecule has 0 aliphatic carbocycles. The number of fused-ring (bicyclic) bond motifs is 2. The lowest BCUT2D eigenvalue weighted by atomic mass is 9.92. The number of carbonyl (C=O) groups excluding carboxylic acids is 1. The highest BCUT2D eigenvalue weighted by Gasteiger charge is 2.41. The van der Waals surface area contributed by atoms with Gasteiger partial charge in [0.2, 0.25) is 0 Å². The van der Waals surface area contributed by atoms with Gasteiger partial charge in [-0.2, -0.15) is 0 Å². The SMILES string of the molecule is COCCCOc1cc2c(cc1COC)-c1[nH]c(=O)c(C(=O)OC)c3c1[C@@H](CO2)C(C)O3. The molecule has 2 aliphatic heterocycles. The van der Waals surface area contributed by atoms with Gasteiger partial charge in [-0.3, -0.25) is 4.79 Å². The quantitative estimate of drug-likeness (QED) is 0.488. The fourth-order valence-corrected chi connectivity index (χ4v) is 4.18. The summed E-state index contributed by atoms with van der Waals surface area (Å²) in [5, 5.41) is 0. The smallest absolute Gasteiger partial charge is 0.347 e. The van der Waals surface area contributed by atoms with E-state index < -0.39 is 11.5 Å². The molecule has 1 aromatic heterocycles. The van der Waals surface area contributed by atoms with Crippen LogP contribution in [0.4, 0.5) is 0 Å². The second kappa shape index (κ2) is 9.22. The first-order chi connectivity index (χ1) is 15.5. The van der Waals surface area contributed by atoms with Crippen molar-refractivity contribution >= 4 is 5.97 Å². The van der Waals surface area contributed by atoms with Crippen molar-refractivity contribution in [2.45, 2.75) is 32.0 Å². The van der Waals surface area contributed by atoms with Gasteiger partial charge in [-0.15, -0.1) is 0 Å². The highest BCUT2D eigenvalue weighted by atomic mass is 16.5. The summed E-state index contributed by atoms with van der Waals surface area (Å²) in [6, 6.07) is 3.71. The molecule has 0 bridgehead atoms. The van der Waals surface area contributed by atoms with Gasteiger partial charge in [0.15, 0.2) is 5.56 Å². The molecule has 0 saturated carbocycles. The maximum atomic E-state index is 12.9. The number of rotatable bonds is 8. The van der Waals surface area contributed by atoms with Crippen molar-refractivity contribution in [2.75, 3.05) is 41.2 Å². The lowest BCUT2D eigenvalue weighted by Gasteiger charge is -2.17. The van der Waals surface area contributed by atoms with Crippen LogP contribution in [0.2, 0.25) is 0 Å². The molecule has 1 unspecified atom stereocenters. The maximum Gasteiger partial charge on any atom is 0.347 e. The van der Waals surface area contributed by atoms with Gasteiger partial charge < -0.3 is 33.4 Å². The minimum atomic E-state index is -0.734. The molecule has 0 radical (unpaired) electrons. The van der Waals surface area contributed by atoms with Gasteiger partial charge >= 0.3 is 5.97 Å². The molecule has 1 aromatic carbocycles. The minimum absolute atomic E-state index is 0.126. The second-order valence-corrected chi connectivity index (χ2v) is 7.76. The molecule has 4 rings (SSSR count). The Morgan fingerprint density at radius 1 is 1.19 bits per heavy atom. The number of esters is 1. The monoisotopic (exact) mass is 445 g/mol. The summed E-state index contributed by atoms with van der Waals surface area (Å²) in [6.45, 7) is 3.61. The number of benzene rings is 1. The molecule has 2 atom stereocenters. The van der Waals surface area contributed by atoms with Crippen LogP contribution in [0.1, 0.15) is 40.7 Å². The Morgan fingerprint density at radius 3 is 2.72 bits per heavy atom. The average molecular weight is 445 g/mol. The molecule has 0 spiro atoms. The molecule has 0 amide bonds. The zero-order valence-corrected chi connectivity index (χ0v) is 18.6. The zero-order valence-electron chi connectivity index (χ0n) is 18.6. The van der Waals surface area contributed by atoms with E-state index in [4.69, 9.17) is 28.4 Å². The summed E-state index contributed by atoms with van der Waals surface area (Å²) in [7, 11) is 4.49.